The summed E-state index contributed by atoms with van der Waals surface area (Å²) in [7, 11) is 0. The Bertz CT molecular complexity index is 692. The zero-order chi connectivity index (χ0) is 13.2. The molecule has 3 rings (SSSR count). The van der Waals surface area contributed by atoms with Crippen LogP contribution in [0.4, 0.5) is 0 Å². The molecule has 2 nitrogen and oxygen atoms in total. The van der Waals surface area contributed by atoms with Gasteiger partial charge in [-0.15, -0.1) is 34.0 Å². The zero-order valence-corrected chi connectivity index (χ0v) is 12.3. The third-order valence-electron chi connectivity index (χ3n) is 2.68. The summed E-state index contributed by atoms with van der Waals surface area (Å²) < 4.78 is 0. The Morgan fingerprint density at radius 2 is 1.84 bits per heavy atom. The van der Waals surface area contributed by atoms with Gasteiger partial charge in [-0.05, 0) is 40.6 Å². The molecule has 0 saturated heterocycles. The van der Waals surface area contributed by atoms with Gasteiger partial charge in [0.1, 0.15) is 0 Å². The summed E-state index contributed by atoms with van der Waals surface area (Å²) in [4.78, 5) is 15.6. The summed E-state index contributed by atoms with van der Waals surface area (Å²) >= 11 is 5.04. The highest BCUT2D eigenvalue weighted by Crippen LogP contribution is 2.39. The Morgan fingerprint density at radius 1 is 1.00 bits per heavy atom. The van der Waals surface area contributed by atoms with E-state index >= 15 is 0 Å². The average molecular weight is 306 g/mol. The largest absolute Gasteiger partial charge is 0.481 e. The highest BCUT2D eigenvalue weighted by Gasteiger charge is 2.13. The van der Waals surface area contributed by atoms with E-state index in [0.29, 0.717) is 0 Å². The normalized spacial score (nSPS) is 10.7. The van der Waals surface area contributed by atoms with Crippen LogP contribution in [0.1, 0.15) is 5.56 Å². The van der Waals surface area contributed by atoms with E-state index in [1.165, 1.54) is 9.75 Å². The van der Waals surface area contributed by atoms with Gasteiger partial charge in [0.05, 0.1) is 6.42 Å². The molecule has 0 atom stereocenters. The predicted octanol–water partition coefficient (Wildman–Crippen LogP) is 4.83. The lowest BCUT2D eigenvalue weighted by Gasteiger charge is -1.97. The lowest BCUT2D eigenvalue weighted by Crippen LogP contribution is -1.99. The van der Waals surface area contributed by atoms with Crippen molar-refractivity contribution in [3.8, 4) is 19.5 Å². The van der Waals surface area contributed by atoms with E-state index in [2.05, 4.69) is 23.6 Å². The number of rotatable bonds is 4. The van der Waals surface area contributed by atoms with Crippen LogP contribution in [0.2, 0.25) is 0 Å². The average Bonchev–Trinajstić information content (AvgIpc) is 3.08. The van der Waals surface area contributed by atoms with Gasteiger partial charge in [-0.3, -0.25) is 4.79 Å². The van der Waals surface area contributed by atoms with Gasteiger partial charge in [0.15, 0.2) is 0 Å². The third kappa shape index (κ3) is 2.63. The fourth-order valence-corrected chi connectivity index (χ4v) is 4.79. The number of carboxylic acid groups (broad SMARTS) is 1. The summed E-state index contributed by atoms with van der Waals surface area (Å²) in [5.74, 6) is -0.783. The first-order valence-corrected chi connectivity index (χ1v) is 8.24. The summed E-state index contributed by atoms with van der Waals surface area (Å²) in [6.07, 6.45) is 0.0884. The molecule has 0 fully saturated rings. The van der Waals surface area contributed by atoms with Crippen LogP contribution in [0.25, 0.3) is 19.5 Å². The molecular weight excluding hydrogens is 296 g/mol. The molecular formula is C14H10O2S3. The van der Waals surface area contributed by atoms with Gasteiger partial charge in [0.2, 0.25) is 0 Å². The van der Waals surface area contributed by atoms with Crippen molar-refractivity contribution in [1.29, 1.82) is 0 Å². The van der Waals surface area contributed by atoms with Crippen LogP contribution in [-0.2, 0) is 11.2 Å². The quantitative estimate of drug-likeness (QED) is 0.749. The Morgan fingerprint density at radius 3 is 2.58 bits per heavy atom. The van der Waals surface area contributed by atoms with E-state index in [1.54, 1.807) is 34.0 Å². The minimum Gasteiger partial charge on any atom is -0.481 e. The van der Waals surface area contributed by atoms with Crippen molar-refractivity contribution < 1.29 is 9.90 Å². The first-order chi connectivity index (χ1) is 9.24. The molecule has 96 valence electrons. The number of thiophene rings is 3. The standard InChI is InChI=1S/C14H10O2S3/c15-13(16)8-9-5-7-18-14(9)12-4-3-11(19-12)10-2-1-6-17-10/h1-7H,8H2,(H,15,16). The smallest absolute Gasteiger partial charge is 0.307 e. The molecule has 0 bridgehead atoms. The fourth-order valence-electron chi connectivity index (χ4n) is 1.87. The number of aliphatic carboxylic acids is 1. The maximum absolute atomic E-state index is 10.9. The molecule has 0 amide bonds. The van der Waals surface area contributed by atoms with Crippen molar-refractivity contribution in [1.82, 2.24) is 0 Å². The molecule has 19 heavy (non-hydrogen) atoms. The van der Waals surface area contributed by atoms with E-state index < -0.39 is 5.97 Å². The van der Waals surface area contributed by atoms with Crippen LogP contribution in [0.5, 0.6) is 0 Å². The van der Waals surface area contributed by atoms with E-state index in [-0.39, 0.29) is 6.42 Å². The number of carbonyl (C=O) groups is 1. The highest BCUT2D eigenvalue weighted by atomic mass is 32.1. The summed E-state index contributed by atoms with van der Waals surface area (Å²) in [5, 5.41) is 12.9. The predicted molar refractivity (Wildman–Crippen MR) is 82.3 cm³/mol. The number of hydrogen-bond donors (Lipinski definition) is 1. The molecule has 0 aliphatic heterocycles. The minimum absolute atomic E-state index is 0.0884. The second kappa shape index (κ2) is 5.28. The molecule has 0 aliphatic carbocycles. The van der Waals surface area contributed by atoms with Crippen LogP contribution in [-0.4, -0.2) is 11.1 Å². The maximum atomic E-state index is 10.9. The first kappa shape index (κ1) is 12.6. The van der Waals surface area contributed by atoms with E-state index in [9.17, 15) is 4.79 Å². The SMILES string of the molecule is O=C(O)Cc1ccsc1-c1ccc(-c2cccs2)s1. The zero-order valence-electron chi connectivity index (χ0n) is 9.83. The molecule has 3 aromatic rings. The van der Waals surface area contributed by atoms with E-state index in [0.717, 1.165) is 15.3 Å². The van der Waals surface area contributed by atoms with E-state index in [4.69, 9.17) is 5.11 Å². The lowest BCUT2D eigenvalue weighted by atomic mass is 10.2. The van der Waals surface area contributed by atoms with Crippen molar-refractivity contribution in [2.24, 2.45) is 0 Å². The summed E-state index contributed by atoms with van der Waals surface area (Å²) in [5.41, 5.74) is 0.900. The van der Waals surface area contributed by atoms with Crippen LogP contribution >= 0.6 is 34.0 Å². The molecule has 3 heterocycles. The van der Waals surface area contributed by atoms with Crippen LogP contribution < -0.4 is 0 Å². The molecule has 0 aliphatic rings. The molecule has 3 aromatic heterocycles. The van der Waals surface area contributed by atoms with Gasteiger partial charge in [-0.2, -0.15) is 0 Å². The van der Waals surface area contributed by atoms with Crippen molar-refractivity contribution in [3.63, 3.8) is 0 Å². The Labute approximate surface area is 122 Å². The van der Waals surface area contributed by atoms with Gasteiger partial charge < -0.3 is 5.11 Å². The molecule has 0 spiro atoms. The second-order valence-electron chi connectivity index (χ2n) is 3.99. The Balaban J connectivity index is 1.95. The van der Waals surface area contributed by atoms with Crippen molar-refractivity contribution in [2.75, 3.05) is 0 Å². The third-order valence-corrected chi connectivity index (χ3v) is 5.97. The molecule has 1 N–H and O–H groups in total. The van der Waals surface area contributed by atoms with E-state index in [1.807, 2.05) is 17.5 Å². The fraction of sp³-hybridized carbons (Fsp3) is 0.0714. The number of carboxylic acids is 1. The van der Waals surface area contributed by atoms with Gasteiger partial charge in [0.25, 0.3) is 0 Å². The van der Waals surface area contributed by atoms with Crippen molar-refractivity contribution in [2.45, 2.75) is 6.42 Å². The molecule has 5 heteroatoms. The van der Waals surface area contributed by atoms with Crippen LogP contribution in [0.15, 0.2) is 41.1 Å². The van der Waals surface area contributed by atoms with Crippen LogP contribution in [0.3, 0.4) is 0 Å². The Hall–Kier alpha value is -1.43. The van der Waals surface area contributed by atoms with Crippen molar-refractivity contribution in [3.05, 3.63) is 46.7 Å². The molecule has 0 unspecified atom stereocenters. The highest BCUT2D eigenvalue weighted by molar-refractivity contribution is 7.25. The number of hydrogen-bond acceptors (Lipinski definition) is 4. The van der Waals surface area contributed by atoms with Gasteiger partial charge in [0, 0.05) is 19.5 Å². The van der Waals surface area contributed by atoms with Gasteiger partial charge in [-0.1, -0.05) is 6.07 Å². The van der Waals surface area contributed by atoms with Gasteiger partial charge >= 0.3 is 5.97 Å². The summed E-state index contributed by atoms with van der Waals surface area (Å²) in [6.45, 7) is 0. The minimum atomic E-state index is -0.783. The van der Waals surface area contributed by atoms with Crippen molar-refractivity contribution >= 4 is 40.0 Å². The maximum Gasteiger partial charge on any atom is 0.307 e. The van der Waals surface area contributed by atoms with Gasteiger partial charge in [-0.25, -0.2) is 0 Å². The Kier molecular flexibility index (Phi) is 3.50. The molecule has 0 saturated carbocycles. The molecule has 0 radical (unpaired) electrons. The van der Waals surface area contributed by atoms with Crippen LogP contribution in [0, 0.1) is 0 Å². The summed E-state index contributed by atoms with van der Waals surface area (Å²) in [6, 6.07) is 10.2. The lowest BCUT2D eigenvalue weighted by molar-refractivity contribution is -0.136. The second-order valence-corrected chi connectivity index (χ2v) is 6.93. The molecule has 0 aromatic carbocycles. The first-order valence-electron chi connectivity index (χ1n) is 5.66. The topological polar surface area (TPSA) is 37.3 Å². The monoisotopic (exact) mass is 306 g/mol.